The van der Waals surface area contributed by atoms with Crippen molar-refractivity contribution in [3.8, 4) is 11.5 Å². The van der Waals surface area contributed by atoms with Crippen LogP contribution in [0.5, 0.6) is 11.5 Å². The maximum absolute atomic E-state index is 12.7. The lowest BCUT2D eigenvalue weighted by molar-refractivity contribution is -0.145. The van der Waals surface area contributed by atoms with Crippen LogP contribution in [-0.4, -0.2) is 24.3 Å². The summed E-state index contributed by atoms with van der Waals surface area (Å²) >= 11 is 0. The Balaban J connectivity index is 1.22. The molecular formula is C39H56O4. The number of fused-ring (bicyclic) bond motifs is 5. The fourth-order valence-electron chi connectivity index (χ4n) is 10.1. The predicted molar refractivity (Wildman–Crippen MR) is 176 cm³/mol. The Bertz CT molecular complexity index is 1240. The molecule has 0 radical (unpaired) electrons. The van der Waals surface area contributed by atoms with E-state index in [9.17, 15) is 9.90 Å². The number of phenols is 1. The van der Waals surface area contributed by atoms with Gasteiger partial charge in [0.1, 0.15) is 6.10 Å². The van der Waals surface area contributed by atoms with Gasteiger partial charge in [-0.3, -0.25) is 0 Å². The number of hydrogen-bond donors (Lipinski definition) is 1. The molecule has 0 spiro atoms. The van der Waals surface area contributed by atoms with Crippen molar-refractivity contribution in [2.45, 2.75) is 105 Å². The highest BCUT2D eigenvalue weighted by Gasteiger charge is 2.59. The zero-order valence-corrected chi connectivity index (χ0v) is 27.8. The van der Waals surface area contributed by atoms with Gasteiger partial charge in [-0.15, -0.1) is 0 Å². The van der Waals surface area contributed by atoms with Crippen LogP contribution >= 0.6 is 0 Å². The van der Waals surface area contributed by atoms with Crippen LogP contribution in [0.1, 0.15) is 105 Å². The first kappa shape index (κ1) is 31.9. The molecule has 4 aliphatic rings. The Morgan fingerprint density at radius 2 is 1.86 bits per heavy atom. The lowest BCUT2D eigenvalue weighted by Gasteiger charge is -2.58. The molecule has 1 unspecified atom stereocenters. The number of phenolic OH excluding ortho intramolecular Hbond substituents is 1. The zero-order valence-electron chi connectivity index (χ0n) is 27.8. The quantitative estimate of drug-likeness (QED) is 0.177. The van der Waals surface area contributed by atoms with Crippen LogP contribution in [0.3, 0.4) is 0 Å². The Kier molecular flexibility index (Phi) is 9.54. The number of aromatic hydroxyl groups is 1. The summed E-state index contributed by atoms with van der Waals surface area (Å²) in [6.45, 7) is 14.7. The van der Waals surface area contributed by atoms with E-state index < -0.39 is 0 Å². The Morgan fingerprint density at radius 3 is 2.58 bits per heavy atom. The number of carbonyl (C=O) groups excluding carboxylic acids is 1. The second-order valence-corrected chi connectivity index (χ2v) is 15.1. The first-order chi connectivity index (χ1) is 20.5. The molecule has 0 saturated heterocycles. The van der Waals surface area contributed by atoms with Crippen LogP contribution in [0.2, 0.25) is 0 Å². The van der Waals surface area contributed by atoms with E-state index in [1.54, 1.807) is 29.8 Å². The van der Waals surface area contributed by atoms with Gasteiger partial charge < -0.3 is 14.6 Å². The molecule has 0 aromatic heterocycles. The van der Waals surface area contributed by atoms with Gasteiger partial charge in [-0.2, -0.15) is 0 Å². The highest BCUT2D eigenvalue weighted by atomic mass is 16.5. The molecule has 4 nitrogen and oxygen atoms in total. The fourth-order valence-corrected chi connectivity index (χ4v) is 10.1. The molecule has 236 valence electrons. The highest BCUT2D eigenvalue weighted by Crippen LogP contribution is 2.67. The third-order valence-corrected chi connectivity index (χ3v) is 12.7. The van der Waals surface area contributed by atoms with Gasteiger partial charge in [-0.05, 0) is 127 Å². The van der Waals surface area contributed by atoms with E-state index >= 15 is 0 Å². The molecule has 1 aromatic carbocycles. The minimum Gasteiger partial charge on any atom is -0.504 e. The van der Waals surface area contributed by atoms with E-state index in [2.05, 4.69) is 59.8 Å². The van der Waals surface area contributed by atoms with Gasteiger partial charge in [0.25, 0.3) is 0 Å². The highest BCUT2D eigenvalue weighted by molar-refractivity contribution is 5.87. The van der Waals surface area contributed by atoms with E-state index in [1.165, 1.54) is 51.7 Å². The first-order valence-corrected chi connectivity index (χ1v) is 17.1. The van der Waals surface area contributed by atoms with Gasteiger partial charge in [0.05, 0.1) is 7.11 Å². The average molecular weight is 589 g/mol. The van der Waals surface area contributed by atoms with Crippen LogP contribution < -0.4 is 4.74 Å². The van der Waals surface area contributed by atoms with Gasteiger partial charge in [-0.25, -0.2) is 4.79 Å². The average Bonchev–Trinajstić information content (AvgIpc) is 3.34. The molecule has 4 aliphatic carbocycles. The van der Waals surface area contributed by atoms with E-state index in [1.807, 2.05) is 0 Å². The molecule has 43 heavy (non-hydrogen) atoms. The molecule has 1 aromatic rings. The fraction of sp³-hybridized carbons (Fsp3) is 0.667. The van der Waals surface area contributed by atoms with E-state index in [4.69, 9.17) is 9.47 Å². The SMILES string of the molecule is CC[C@H](/C=C/[C@@H](C)[C@H]1CC[C@H]2[C@@H]3CC=C4CC(OC(=O)/C=C/c5ccc(O)c(OC)c5)CC[C@]4(C)[C@H]3CC[C@]12C)C(C)C. The summed E-state index contributed by atoms with van der Waals surface area (Å²) < 4.78 is 11.1. The Morgan fingerprint density at radius 1 is 1.07 bits per heavy atom. The number of benzene rings is 1. The number of hydrogen-bond acceptors (Lipinski definition) is 4. The van der Waals surface area contributed by atoms with Gasteiger partial charge in [0, 0.05) is 12.5 Å². The topological polar surface area (TPSA) is 55.8 Å². The molecular weight excluding hydrogens is 532 g/mol. The summed E-state index contributed by atoms with van der Waals surface area (Å²) in [7, 11) is 1.52. The summed E-state index contributed by atoms with van der Waals surface area (Å²) in [5.74, 6) is 5.39. The summed E-state index contributed by atoms with van der Waals surface area (Å²) in [5.41, 5.74) is 3.01. The van der Waals surface area contributed by atoms with E-state index in [0.717, 1.165) is 48.5 Å². The van der Waals surface area contributed by atoms with Gasteiger partial charge in [0.2, 0.25) is 0 Å². The van der Waals surface area contributed by atoms with Crippen LogP contribution in [0.4, 0.5) is 0 Å². The van der Waals surface area contributed by atoms with Crippen molar-refractivity contribution in [1.82, 2.24) is 0 Å². The second-order valence-electron chi connectivity index (χ2n) is 15.1. The van der Waals surface area contributed by atoms with Crippen molar-refractivity contribution in [3.05, 3.63) is 53.6 Å². The number of esters is 1. The largest absolute Gasteiger partial charge is 0.504 e. The lowest BCUT2D eigenvalue weighted by atomic mass is 9.47. The van der Waals surface area contributed by atoms with Gasteiger partial charge in [-0.1, -0.05) is 71.4 Å². The number of ether oxygens (including phenoxy) is 2. The van der Waals surface area contributed by atoms with Crippen molar-refractivity contribution >= 4 is 12.0 Å². The smallest absolute Gasteiger partial charge is 0.331 e. The number of allylic oxidation sites excluding steroid dienone is 3. The summed E-state index contributed by atoms with van der Waals surface area (Å²) in [5, 5.41) is 9.82. The van der Waals surface area contributed by atoms with Crippen LogP contribution in [0.15, 0.2) is 48.1 Å². The summed E-state index contributed by atoms with van der Waals surface area (Å²) in [4.78, 5) is 12.7. The third-order valence-electron chi connectivity index (χ3n) is 12.7. The van der Waals surface area contributed by atoms with Crippen molar-refractivity contribution in [2.24, 2.45) is 52.3 Å². The molecule has 0 heterocycles. The van der Waals surface area contributed by atoms with E-state index in [-0.39, 0.29) is 23.2 Å². The molecule has 9 atom stereocenters. The standard InChI is InChI=1S/C39H56O4/c1-8-28(25(2)3)12-9-26(4)32-15-16-33-31-14-13-29-24-30(19-21-38(29,5)34(31)20-22-39(32,33)6)43-37(41)18-11-27-10-17-35(40)36(23-27)42-7/h9-13,17-18,23,25-26,28,30-34,40H,8,14-16,19-22,24H2,1-7H3/b12-9+,18-11+/t26-,28-,30?,31+,32-,33+,34+,38+,39-/m1/s1. The van der Waals surface area contributed by atoms with E-state index in [0.29, 0.717) is 28.9 Å². The monoisotopic (exact) mass is 588 g/mol. The van der Waals surface area contributed by atoms with Gasteiger partial charge >= 0.3 is 5.97 Å². The normalized spacial score (nSPS) is 35.3. The third kappa shape index (κ3) is 6.22. The minimum atomic E-state index is -0.304. The number of carbonyl (C=O) groups is 1. The maximum Gasteiger partial charge on any atom is 0.331 e. The maximum atomic E-state index is 12.7. The molecule has 0 amide bonds. The molecule has 4 heteroatoms. The minimum absolute atomic E-state index is 0.0579. The molecule has 0 bridgehead atoms. The summed E-state index contributed by atoms with van der Waals surface area (Å²) in [6, 6.07) is 5.04. The molecule has 1 N–H and O–H groups in total. The second kappa shape index (κ2) is 12.9. The Labute approximate surface area is 261 Å². The first-order valence-electron chi connectivity index (χ1n) is 17.1. The van der Waals surface area contributed by atoms with Crippen LogP contribution in [0, 0.1) is 52.3 Å². The van der Waals surface area contributed by atoms with Crippen molar-refractivity contribution in [3.63, 3.8) is 0 Å². The Hall–Kier alpha value is -2.49. The number of methoxy groups -OCH3 is 1. The summed E-state index contributed by atoms with van der Waals surface area (Å²) in [6.07, 6.45) is 21.6. The van der Waals surface area contributed by atoms with Crippen LogP contribution in [-0.2, 0) is 9.53 Å². The van der Waals surface area contributed by atoms with Crippen molar-refractivity contribution in [2.75, 3.05) is 7.11 Å². The predicted octanol–water partition coefficient (Wildman–Crippen LogP) is 9.78. The molecule has 3 fully saturated rings. The lowest BCUT2D eigenvalue weighted by Crippen LogP contribution is -2.51. The van der Waals surface area contributed by atoms with Gasteiger partial charge in [0.15, 0.2) is 11.5 Å². The van der Waals surface area contributed by atoms with Crippen LogP contribution in [0.25, 0.3) is 6.08 Å². The van der Waals surface area contributed by atoms with Crippen molar-refractivity contribution < 1.29 is 19.4 Å². The molecule has 3 saturated carbocycles. The van der Waals surface area contributed by atoms with Crippen molar-refractivity contribution in [1.29, 1.82) is 0 Å². The number of rotatable bonds is 9. The molecule has 0 aliphatic heterocycles. The molecule has 5 rings (SSSR count). The zero-order chi connectivity index (χ0) is 30.9.